The quantitative estimate of drug-likeness (QED) is 0.0159. The Morgan fingerprint density at radius 2 is 0.544 bits per heavy atom. The molecule has 2 aliphatic heterocycles. The summed E-state index contributed by atoms with van der Waals surface area (Å²) >= 11 is 0. The fourth-order valence-electron chi connectivity index (χ4n) is 11.2. The number of rotatable bonds is 57. The molecule has 2 saturated heterocycles. The average molecular weight is 1290 g/mol. The van der Waals surface area contributed by atoms with E-state index in [1.807, 2.05) is 0 Å². The molecular formula is C68H122O22. The van der Waals surface area contributed by atoms with E-state index in [9.17, 15) is 69.6 Å². The molecule has 0 saturated carbocycles. The first-order chi connectivity index (χ1) is 43.5. The lowest BCUT2D eigenvalue weighted by molar-refractivity contribution is -0.287. The van der Waals surface area contributed by atoms with Gasteiger partial charge < -0.3 is 78.7 Å². The molecule has 12 atom stereocenters. The van der Waals surface area contributed by atoms with Crippen LogP contribution in [0.5, 0.6) is 0 Å². The maximum Gasteiger partial charge on any atom is 0.306 e. The molecule has 0 aromatic heterocycles. The van der Waals surface area contributed by atoms with Crippen molar-refractivity contribution in [3.63, 3.8) is 0 Å². The van der Waals surface area contributed by atoms with Crippen molar-refractivity contribution in [2.75, 3.05) is 26.4 Å². The van der Waals surface area contributed by atoms with Crippen LogP contribution >= 0.6 is 0 Å². The van der Waals surface area contributed by atoms with Crippen LogP contribution in [0.1, 0.15) is 296 Å². The summed E-state index contributed by atoms with van der Waals surface area (Å²) in [5.74, 6) is -2.18. The zero-order valence-electron chi connectivity index (χ0n) is 55.2. The van der Waals surface area contributed by atoms with Crippen LogP contribution in [0.25, 0.3) is 0 Å². The summed E-state index contributed by atoms with van der Waals surface area (Å²) in [5.41, 5.74) is 0. The maximum atomic E-state index is 12.7. The highest BCUT2D eigenvalue weighted by molar-refractivity contribution is 5.73. The summed E-state index contributed by atoms with van der Waals surface area (Å²) in [6.45, 7) is 4.42. The number of carbonyl (C=O) groups is 6. The van der Waals surface area contributed by atoms with E-state index in [4.69, 9.17) is 37.9 Å². The Balaban J connectivity index is 1.37. The second-order valence-corrected chi connectivity index (χ2v) is 25.1. The molecule has 2 rings (SSSR count). The molecule has 2 aliphatic rings. The van der Waals surface area contributed by atoms with Gasteiger partial charge in [0.1, 0.15) is 74.3 Å². The topological polar surface area (TPSA) is 338 Å². The van der Waals surface area contributed by atoms with E-state index in [1.165, 1.54) is 0 Å². The van der Waals surface area contributed by atoms with Crippen LogP contribution in [-0.2, 0) is 66.7 Å². The van der Waals surface area contributed by atoms with E-state index >= 15 is 0 Å². The minimum Gasteiger partial charge on any atom is -0.466 e. The fourth-order valence-corrected chi connectivity index (χ4v) is 11.2. The summed E-state index contributed by atoms with van der Waals surface area (Å²) in [6.07, 6.45) is 22.3. The van der Waals surface area contributed by atoms with Crippen LogP contribution in [0, 0.1) is 0 Å². The third-order valence-electron chi connectivity index (χ3n) is 16.9. The SMILES string of the molecule is CCCCCC[C@H](CCCCCCCCCCC(=O)OCCCCCCCCCCOC(=O)CCCCCCCCCC[C@@H](CCCCCC)OC(=O)CCCC(=O)OCC1OC(O)[C@@H](O)C(O)[C@H]1O)OC(=O)CCCC(=O)OCC1OC(O)[C@@H](O)C(O)[C@H]1O. The summed E-state index contributed by atoms with van der Waals surface area (Å²) in [4.78, 5) is 74.4. The molecule has 0 radical (unpaired) electrons. The van der Waals surface area contributed by atoms with Crippen molar-refractivity contribution in [1.29, 1.82) is 0 Å². The van der Waals surface area contributed by atoms with Crippen LogP contribution < -0.4 is 0 Å². The van der Waals surface area contributed by atoms with Gasteiger partial charge in [0.05, 0.1) is 13.2 Å². The number of aliphatic hydroxyl groups excluding tert-OH is 8. The average Bonchev–Trinajstić information content (AvgIpc) is 1.43. The third-order valence-corrected chi connectivity index (χ3v) is 16.9. The zero-order valence-corrected chi connectivity index (χ0v) is 55.2. The van der Waals surface area contributed by atoms with Gasteiger partial charge in [0.2, 0.25) is 0 Å². The molecule has 0 bridgehead atoms. The van der Waals surface area contributed by atoms with Crippen LogP contribution in [-0.4, -0.2) is 177 Å². The monoisotopic (exact) mass is 1290 g/mol. The van der Waals surface area contributed by atoms with Crippen molar-refractivity contribution in [2.24, 2.45) is 0 Å². The third kappa shape index (κ3) is 41.2. The standard InChI is InChI=1S/C68H122O22/c1-3-5-7-27-37-51(87-59(73)45-35-43-57(71)85-49-53-61(75)63(77)65(79)67(81)89-53)39-29-21-15-9-11-17-23-31-41-55(69)83-47-33-25-19-13-14-20-26-34-48-84-56(70)42-32-24-18-12-10-16-22-30-40-52(38-28-8-6-4-2)88-60(74)46-36-44-58(72)86-50-54-62(76)64(78)66(80)68(82)90-54/h51-54,61-68,75-82H,3-50H2,1-2H3/t51-,52-,53?,54?,61+,62+,63?,64?,65+,66+,67?,68?/m1/s1. The van der Waals surface area contributed by atoms with Crippen molar-refractivity contribution in [2.45, 2.75) is 370 Å². The Kier molecular flexibility index (Phi) is 49.3. The van der Waals surface area contributed by atoms with E-state index in [0.29, 0.717) is 26.1 Å². The second kappa shape index (κ2) is 53.8. The van der Waals surface area contributed by atoms with Gasteiger partial charge in [-0.05, 0) is 89.9 Å². The number of ether oxygens (including phenoxy) is 8. The van der Waals surface area contributed by atoms with E-state index in [2.05, 4.69) is 13.8 Å². The van der Waals surface area contributed by atoms with E-state index in [-0.39, 0.29) is 74.6 Å². The smallest absolute Gasteiger partial charge is 0.306 e. The van der Waals surface area contributed by atoms with Crippen LogP contribution in [0.15, 0.2) is 0 Å². The fraction of sp³-hybridized carbons (Fsp3) is 0.912. The molecule has 22 heteroatoms. The van der Waals surface area contributed by atoms with Gasteiger partial charge in [-0.15, -0.1) is 0 Å². The highest BCUT2D eigenvalue weighted by Gasteiger charge is 2.44. The lowest BCUT2D eigenvalue weighted by Gasteiger charge is -2.37. The van der Waals surface area contributed by atoms with E-state index in [0.717, 1.165) is 231 Å². The van der Waals surface area contributed by atoms with Gasteiger partial charge >= 0.3 is 35.8 Å². The molecule has 90 heavy (non-hydrogen) atoms. The number of hydrogen-bond donors (Lipinski definition) is 8. The van der Waals surface area contributed by atoms with Gasteiger partial charge in [0.25, 0.3) is 0 Å². The molecule has 0 aromatic rings. The zero-order chi connectivity index (χ0) is 66.0. The van der Waals surface area contributed by atoms with Crippen molar-refractivity contribution < 1.29 is 108 Å². The first-order valence-corrected chi connectivity index (χ1v) is 35.2. The van der Waals surface area contributed by atoms with Crippen LogP contribution in [0.2, 0.25) is 0 Å². The van der Waals surface area contributed by atoms with Crippen molar-refractivity contribution in [3.05, 3.63) is 0 Å². The molecule has 526 valence electrons. The predicted molar refractivity (Wildman–Crippen MR) is 336 cm³/mol. The van der Waals surface area contributed by atoms with E-state index < -0.39 is 86.6 Å². The lowest BCUT2D eigenvalue weighted by Crippen LogP contribution is -2.58. The highest BCUT2D eigenvalue weighted by atomic mass is 16.7. The van der Waals surface area contributed by atoms with Gasteiger partial charge in [-0.3, -0.25) is 28.8 Å². The predicted octanol–water partition coefficient (Wildman–Crippen LogP) is 9.79. The molecular weight excluding hydrogens is 1170 g/mol. The molecule has 2 heterocycles. The Bertz CT molecular complexity index is 1710. The van der Waals surface area contributed by atoms with Gasteiger partial charge in [-0.1, -0.05) is 168 Å². The molecule has 0 aromatic carbocycles. The molecule has 0 aliphatic carbocycles. The van der Waals surface area contributed by atoms with Crippen LogP contribution in [0.4, 0.5) is 0 Å². The number of aliphatic hydroxyl groups is 8. The number of unbranched alkanes of at least 4 members (excludes halogenated alkanes) is 27. The minimum absolute atomic E-state index is 0.0535. The maximum absolute atomic E-state index is 12.7. The van der Waals surface area contributed by atoms with Gasteiger partial charge in [-0.25, -0.2) is 0 Å². The molecule has 2 fully saturated rings. The number of hydrogen-bond acceptors (Lipinski definition) is 22. The van der Waals surface area contributed by atoms with Crippen molar-refractivity contribution >= 4 is 35.8 Å². The molecule has 8 N–H and O–H groups in total. The molecule has 6 unspecified atom stereocenters. The Morgan fingerprint density at radius 1 is 0.289 bits per heavy atom. The Labute approximate surface area is 537 Å². The molecule has 0 spiro atoms. The van der Waals surface area contributed by atoms with Gasteiger partial charge in [0.15, 0.2) is 12.6 Å². The number of carbonyl (C=O) groups excluding carboxylic acids is 6. The van der Waals surface area contributed by atoms with Gasteiger partial charge in [-0.2, -0.15) is 0 Å². The molecule has 22 nitrogen and oxygen atoms in total. The highest BCUT2D eigenvalue weighted by Crippen LogP contribution is 2.24. The normalized spacial score (nSPS) is 22.3. The largest absolute Gasteiger partial charge is 0.466 e. The first-order valence-electron chi connectivity index (χ1n) is 35.2. The summed E-state index contributed by atoms with van der Waals surface area (Å²) in [5, 5.41) is 78.2. The summed E-state index contributed by atoms with van der Waals surface area (Å²) in [7, 11) is 0. The summed E-state index contributed by atoms with van der Waals surface area (Å²) in [6, 6.07) is 0. The summed E-state index contributed by atoms with van der Waals surface area (Å²) < 4.78 is 42.9. The minimum atomic E-state index is -1.72. The Morgan fingerprint density at radius 3 is 0.867 bits per heavy atom. The van der Waals surface area contributed by atoms with E-state index in [1.54, 1.807) is 0 Å². The lowest BCUT2D eigenvalue weighted by atomic mass is 9.99. The van der Waals surface area contributed by atoms with Crippen molar-refractivity contribution in [3.8, 4) is 0 Å². The van der Waals surface area contributed by atoms with Crippen LogP contribution in [0.3, 0.4) is 0 Å². The second-order valence-electron chi connectivity index (χ2n) is 25.1. The number of esters is 6. The molecule has 0 amide bonds. The van der Waals surface area contributed by atoms with Gasteiger partial charge in [0, 0.05) is 38.5 Å². The van der Waals surface area contributed by atoms with Crippen molar-refractivity contribution in [1.82, 2.24) is 0 Å². The Hall–Kier alpha value is -3.58. The first kappa shape index (κ1) is 82.5.